The zero-order valence-electron chi connectivity index (χ0n) is 6.97. The number of ether oxygens (including phenoxy) is 1. The molecule has 0 radical (unpaired) electrons. The van der Waals surface area contributed by atoms with E-state index in [0.717, 1.165) is 0 Å². The fraction of sp³-hybridized carbons (Fsp3) is 0.600. The Balaban J connectivity index is 2.22. The summed E-state index contributed by atoms with van der Waals surface area (Å²) in [5.41, 5.74) is 2.52. The summed E-state index contributed by atoms with van der Waals surface area (Å²) < 4.78 is 5.36. The van der Waals surface area contributed by atoms with Crippen LogP contribution in [0.3, 0.4) is 0 Å². The highest BCUT2D eigenvalue weighted by Crippen LogP contribution is 2.51. The Bertz CT molecular complexity index is 217. The van der Waals surface area contributed by atoms with Gasteiger partial charge in [0.2, 0.25) is 0 Å². The second-order valence-corrected chi connectivity index (χ2v) is 3.60. The van der Waals surface area contributed by atoms with Crippen LogP contribution in [-0.4, -0.2) is 13.2 Å². The molecule has 60 valence electrons. The van der Waals surface area contributed by atoms with E-state index < -0.39 is 0 Å². The van der Waals surface area contributed by atoms with Crippen LogP contribution in [0.2, 0.25) is 0 Å². The molecule has 0 aromatic carbocycles. The molecule has 2 aliphatic carbocycles. The van der Waals surface area contributed by atoms with Crippen molar-refractivity contribution in [3.8, 4) is 0 Å². The van der Waals surface area contributed by atoms with Crippen LogP contribution < -0.4 is 0 Å². The van der Waals surface area contributed by atoms with Crippen LogP contribution in [0.4, 0.5) is 0 Å². The van der Waals surface area contributed by atoms with Crippen molar-refractivity contribution in [2.75, 3.05) is 7.11 Å². The van der Waals surface area contributed by atoms with Crippen molar-refractivity contribution < 1.29 is 4.74 Å². The van der Waals surface area contributed by atoms with Gasteiger partial charge < -0.3 is 4.74 Å². The van der Waals surface area contributed by atoms with Crippen molar-refractivity contribution in [3.63, 3.8) is 0 Å². The maximum Gasteiger partial charge on any atom is 0.0645 e. The average molecular weight is 150 g/mol. The molecule has 0 amide bonds. The summed E-state index contributed by atoms with van der Waals surface area (Å²) in [6, 6.07) is 0. The van der Waals surface area contributed by atoms with E-state index in [1.165, 1.54) is 24.0 Å². The third kappa shape index (κ3) is 0.807. The van der Waals surface area contributed by atoms with Crippen LogP contribution in [0.1, 0.15) is 12.8 Å². The highest BCUT2D eigenvalue weighted by Gasteiger charge is 2.44. The first-order chi connectivity index (χ1) is 5.24. The molecule has 11 heavy (non-hydrogen) atoms. The Labute approximate surface area is 67.7 Å². The topological polar surface area (TPSA) is 9.23 Å². The van der Waals surface area contributed by atoms with Gasteiger partial charge in [0.1, 0.15) is 0 Å². The summed E-state index contributed by atoms with van der Waals surface area (Å²) in [5.74, 6) is 1.26. The minimum Gasteiger partial charge on any atom is -0.381 e. The molecule has 0 aliphatic heterocycles. The zero-order valence-corrected chi connectivity index (χ0v) is 6.97. The number of hydrogen-bond acceptors (Lipinski definition) is 1. The minimum atomic E-state index is 0.429. The maximum absolute atomic E-state index is 5.36. The number of methoxy groups -OCH3 is 1. The maximum atomic E-state index is 5.36. The molecule has 2 fully saturated rings. The van der Waals surface area contributed by atoms with Crippen LogP contribution >= 0.6 is 0 Å². The van der Waals surface area contributed by atoms with E-state index in [0.29, 0.717) is 17.9 Å². The van der Waals surface area contributed by atoms with Gasteiger partial charge in [-0.05, 0) is 29.9 Å². The molecule has 2 rings (SSSR count). The SMILES string of the molecule is C=C1C(=C)[C@@H]2C[C@H]1C[C@H]2OC. The van der Waals surface area contributed by atoms with Crippen LogP contribution in [0.15, 0.2) is 24.3 Å². The Hall–Kier alpha value is -0.560. The molecule has 2 saturated carbocycles. The van der Waals surface area contributed by atoms with E-state index in [2.05, 4.69) is 13.2 Å². The number of hydrogen-bond donors (Lipinski definition) is 0. The number of fused-ring (bicyclic) bond motifs is 2. The van der Waals surface area contributed by atoms with Crippen LogP contribution in [-0.2, 0) is 4.74 Å². The molecule has 0 unspecified atom stereocenters. The Morgan fingerprint density at radius 2 is 2.00 bits per heavy atom. The van der Waals surface area contributed by atoms with E-state index in [1.54, 1.807) is 7.11 Å². The lowest BCUT2D eigenvalue weighted by Crippen LogP contribution is -2.20. The van der Waals surface area contributed by atoms with Gasteiger partial charge in [0.05, 0.1) is 6.10 Å². The largest absolute Gasteiger partial charge is 0.381 e. The summed E-state index contributed by atoms with van der Waals surface area (Å²) in [4.78, 5) is 0. The van der Waals surface area contributed by atoms with Gasteiger partial charge in [-0.15, -0.1) is 0 Å². The van der Waals surface area contributed by atoms with Crippen molar-refractivity contribution in [2.45, 2.75) is 18.9 Å². The van der Waals surface area contributed by atoms with Gasteiger partial charge in [-0.3, -0.25) is 0 Å². The normalized spacial score (nSPS) is 42.1. The van der Waals surface area contributed by atoms with Gasteiger partial charge in [0.25, 0.3) is 0 Å². The van der Waals surface area contributed by atoms with Gasteiger partial charge in [-0.1, -0.05) is 13.2 Å². The molecular formula is C10H14O. The second-order valence-electron chi connectivity index (χ2n) is 3.60. The zero-order chi connectivity index (χ0) is 8.01. The summed E-state index contributed by atoms with van der Waals surface area (Å²) >= 11 is 0. The number of allylic oxidation sites excluding steroid dienone is 1. The van der Waals surface area contributed by atoms with Crippen molar-refractivity contribution in [1.82, 2.24) is 0 Å². The first-order valence-corrected chi connectivity index (χ1v) is 4.14. The Morgan fingerprint density at radius 1 is 1.27 bits per heavy atom. The standard InChI is InChI=1S/C10H14O/c1-6-7(2)9-4-8(6)5-10(9)11-3/h8-10H,1-2,4-5H2,3H3/t8-,9-,10+/m0/s1. The fourth-order valence-corrected chi connectivity index (χ4v) is 2.41. The molecule has 1 heteroatoms. The van der Waals surface area contributed by atoms with E-state index in [1.807, 2.05) is 0 Å². The predicted octanol–water partition coefficient (Wildman–Crippen LogP) is 2.15. The van der Waals surface area contributed by atoms with Gasteiger partial charge in [0.15, 0.2) is 0 Å². The molecule has 2 aliphatic rings. The highest BCUT2D eigenvalue weighted by atomic mass is 16.5. The summed E-state index contributed by atoms with van der Waals surface area (Å²) in [6.07, 6.45) is 2.83. The Morgan fingerprint density at radius 3 is 2.45 bits per heavy atom. The monoisotopic (exact) mass is 150 g/mol. The summed E-state index contributed by atoms with van der Waals surface area (Å²) in [6.45, 7) is 8.07. The highest BCUT2D eigenvalue weighted by molar-refractivity contribution is 5.39. The first-order valence-electron chi connectivity index (χ1n) is 4.14. The van der Waals surface area contributed by atoms with Gasteiger partial charge in [-0.25, -0.2) is 0 Å². The molecule has 0 N–H and O–H groups in total. The molecular weight excluding hydrogens is 136 g/mol. The van der Waals surface area contributed by atoms with Crippen LogP contribution in [0, 0.1) is 11.8 Å². The van der Waals surface area contributed by atoms with Gasteiger partial charge >= 0.3 is 0 Å². The molecule has 0 spiro atoms. The first kappa shape index (κ1) is 7.11. The van der Waals surface area contributed by atoms with Gasteiger partial charge in [-0.2, -0.15) is 0 Å². The van der Waals surface area contributed by atoms with Crippen molar-refractivity contribution >= 4 is 0 Å². The van der Waals surface area contributed by atoms with E-state index in [-0.39, 0.29) is 0 Å². The molecule has 0 aromatic rings. The second kappa shape index (κ2) is 2.21. The van der Waals surface area contributed by atoms with Crippen molar-refractivity contribution in [3.05, 3.63) is 24.3 Å². The third-order valence-electron chi connectivity index (χ3n) is 3.16. The lowest BCUT2D eigenvalue weighted by molar-refractivity contribution is 0.0781. The third-order valence-corrected chi connectivity index (χ3v) is 3.16. The van der Waals surface area contributed by atoms with Crippen LogP contribution in [0.5, 0.6) is 0 Å². The van der Waals surface area contributed by atoms with E-state index in [9.17, 15) is 0 Å². The van der Waals surface area contributed by atoms with Gasteiger partial charge in [0, 0.05) is 13.0 Å². The van der Waals surface area contributed by atoms with E-state index in [4.69, 9.17) is 4.74 Å². The van der Waals surface area contributed by atoms with Crippen LogP contribution in [0.25, 0.3) is 0 Å². The van der Waals surface area contributed by atoms with Crippen molar-refractivity contribution in [1.29, 1.82) is 0 Å². The molecule has 0 aromatic heterocycles. The molecule has 3 atom stereocenters. The van der Waals surface area contributed by atoms with E-state index >= 15 is 0 Å². The number of rotatable bonds is 1. The smallest absolute Gasteiger partial charge is 0.0645 e. The van der Waals surface area contributed by atoms with Crippen molar-refractivity contribution in [2.24, 2.45) is 11.8 Å². The summed E-state index contributed by atoms with van der Waals surface area (Å²) in [7, 11) is 1.79. The average Bonchev–Trinajstić information content (AvgIpc) is 2.53. The minimum absolute atomic E-state index is 0.429. The summed E-state index contributed by atoms with van der Waals surface area (Å²) in [5, 5.41) is 0. The molecule has 0 saturated heterocycles. The Kier molecular flexibility index (Phi) is 1.43. The molecule has 0 heterocycles. The predicted molar refractivity (Wildman–Crippen MR) is 45.3 cm³/mol. The lowest BCUT2D eigenvalue weighted by Gasteiger charge is -2.23. The molecule has 2 bridgehead atoms. The molecule has 1 nitrogen and oxygen atoms in total. The quantitative estimate of drug-likeness (QED) is 0.556. The fourth-order valence-electron chi connectivity index (χ4n) is 2.41. The lowest BCUT2D eigenvalue weighted by atomic mass is 9.90.